The van der Waals surface area contributed by atoms with E-state index in [1.54, 1.807) is 35.2 Å². The number of hydrazine groups is 1. The Morgan fingerprint density at radius 1 is 0.848 bits per heavy atom. The van der Waals surface area contributed by atoms with Crippen LogP contribution in [0.5, 0.6) is 0 Å². The van der Waals surface area contributed by atoms with Crippen LogP contribution < -0.4 is 15.8 Å². The van der Waals surface area contributed by atoms with Gasteiger partial charge >= 0.3 is 0 Å². The highest BCUT2D eigenvalue weighted by Crippen LogP contribution is 2.13. The summed E-state index contributed by atoms with van der Waals surface area (Å²) < 4.78 is 0. The number of carbonyl (C=O) groups is 2. The molecule has 0 radical (unpaired) electrons. The van der Waals surface area contributed by atoms with Gasteiger partial charge in [-0.25, -0.2) is 0 Å². The third-order valence-electron chi connectivity index (χ3n) is 4.66. The zero-order valence-corrected chi connectivity index (χ0v) is 18.0. The fourth-order valence-electron chi connectivity index (χ4n) is 2.87. The molecule has 0 unspecified atom stereocenters. The van der Waals surface area contributed by atoms with Gasteiger partial charge in [-0.15, -0.1) is 20.4 Å². The van der Waals surface area contributed by atoms with Gasteiger partial charge in [-0.05, 0) is 35.0 Å². The van der Waals surface area contributed by atoms with Crippen molar-refractivity contribution in [2.75, 3.05) is 19.0 Å². The van der Waals surface area contributed by atoms with E-state index in [0.717, 1.165) is 11.1 Å². The summed E-state index contributed by atoms with van der Waals surface area (Å²) in [6.07, 6.45) is 0. The summed E-state index contributed by atoms with van der Waals surface area (Å²) >= 11 is 0. The van der Waals surface area contributed by atoms with E-state index in [1.807, 2.05) is 44.4 Å². The molecule has 2 aromatic carbocycles. The Hall–Kier alpha value is -4.67. The number of rotatable bonds is 6. The maximum atomic E-state index is 12.3. The minimum Gasteiger partial charge on any atom is -0.361 e. The average molecular weight is 443 g/mol. The first kappa shape index (κ1) is 21.6. The normalized spacial score (nSPS) is 10.5. The maximum absolute atomic E-state index is 12.3. The summed E-state index contributed by atoms with van der Waals surface area (Å²) in [6, 6.07) is 19.6. The van der Waals surface area contributed by atoms with Crippen molar-refractivity contribution in [1.82, 2.24) is 41.3 Å². The fourth-order valence-corrected chi connectivity index (χ4v) is 2.87. The largest absolute Gasteiger partial charge is 0.361 e. The van der Waals surface area contributed by atoms with Gasteiger partial charge in [0.1, 0.15) is 0 Å². The van der Waals surface area contributed by atoms with E-state index < -0.39 is 11.8 Å². The quantitative estimate of drug-likeness (QED) is 0.427. The van der Waals surface area contributed by atoms with Gasteiger partial charge < -0.3 is 4.90 Å². The number of carbonyl (C=O) groups excluding carboxylic acids is 2. The Morgan fingerprint density at radius 3 is 2.24 bits per heavy atom. The molecule has 2 heterocycles. The van der Waals surface area contributed by atoms with E-state index in [4.69, 9.17) is 0 Å². The van der Waals surface area contributed by atoms with Crippen LogP contribution in [-0.4, -0.2) is 56.3 Å². The minimum atomic E-state index is -0.566. The summed E-state index contributed by atoms with van der Waals surface area (Å²) in [4.78, 5) is 27.8. The van der Waals surface area contributed by atoms with Crippen LogP contribution in [0.25, 0.3) is 11.4 Å². The number of nitrogens with one attached hydrogen (secondary N) is 2. The van der Waals surface area contributed by atoms with Crippen LogP contribution in [-0.2, 0) is 6.54 Å². The van der Waals surface area contributed by atoms with Crippen LogP contribution in [0.4, 0.5) is 5.82 Å². The van der Waals surface area contributed by atoms with Gasteiger partial charge in [-0.1, -0.05) is 42.5 Å². The van der Waals surface area contributed by atoms with Crippen molar-refractivity contribution < 1.29 is 9.59 Å². The summed E-state index contributed by atoms with van der Waals surface area (Å²) in [5.41, 5.74) is 6.95. The molecule has 33 heavy (non-hydrogen) atoms. The van der Waals surface area contributed by atoms with E-state index in [0.29, 0.717) is 23.8 Å². The van der Waals surface area contributed by atoms with Gasteiger partial charge in [-0.2, -0.15) is 4.80 Å². The molecule has 0 spiro atoms. The van der Waals surface area contributed by atoms with Crippen LogP contribution in [0.1, 0.15) is 26.4 Å². The Labute approximate surface area is 189 Å². The second-order valence-corrected chi connectivity index (χ2v) is 7.29. The van der Waals surface area contributed by atoms with Crippen molar-refractivity contribution in [3.05, 3.63) is 83.6 Å². The molecule has 0 aliphatic heterocycles. The van der Waals surface area contributed by atoms with Crippen LogP contribution >= 0.6 is 0 Å². The molecule has 0 aliphatic carbocycles. The zero-order chi connectivity index (χ0) is 23.2. The molecular formula is C22H21N9O2. The monoisotopic (exact) mass is 443 g/mol. The third kappa shape index (κ3) is 5.34. The fraction of sp³-hybridized carbons (Fsp3) is 0.136. The molecule has 166 valence electrons. The van der Waals surface area contributed by atoms with Crippen LogP contribution in [0.15, 0.2) is 66.7 Å². The number of amides is 2. The minimum absolute atomic E-state index is 0.0893. The highest BCUT2D eigenvalue weighted by atomic mass is 16.2. The molecular weight excluding hydrogens is 422 g/mol. The standard InChI is InChI=1S/C22H21N9O2/c1-30(2)19-13-12-18(23-24-19)22(33)27-26-21(32)17-10-8-15(9-11-17)14-31-28-20(25-29-31)16-6-4-3-5-7-16/h3-13H,14H2,1-2H3,(H,26,32)(H,27,33). The Bertz CT molecular complexity index is 1240. The number of benzene rings is 2. The highest BCUT2D eigenvalue weighted by Gasteiger charge is 2.12. The lowest BCUT2D eigenvalue weighted by atomic mass is 10.1. The molecule has 0 aliphatic rings. The zero-order valence-electron chi connectivity index (χ0n) is 18.0. The summed E-state index contributed by atoms with van der Waals surface area (Å²) in [5.74, 6) is 0.138. The topological polar surface area (TPSA) is 131 Å². The lowest BCUT2D eigenvalue weighted by Gasteiger charge is -2.10. The van der Waals surface area contributed by atoms with Crippen molar-refractivity contribution in [3.63, 3.8) is 0 Å². The van der Waals surface area contributed by atoms with Gasteiger partial charge in [0.05, 0.1) is 6.54 Å². The second-order valence-electron chi connectivity index (χ2n) is 7.29. The molecule has 4 aromatic rings. The molecule has 4 rings (SSSR count). The molecule has 2 N–H and O–H groups in total. The number of aromatic nitrogens is 6. The van der Waals surface area contributed by atoms with E-state index in [9.17, 15) is 9.59 Å². The number of hydrogen-bond donors (Lipinski definition) is 2. The van der Waals surface area contributed by atoms with Crippen molar-refractivity contribution in [2.45, 2.75) is 6.54 Å². The van der Waals surface area contributed by atoms with Crippen LogP contribution in [0.3, 0.4) is 0 Å². The highest BCUT2D eigenvalue weighted by molar-refractivity contribution is 5.98. The number of tetrazole rings is 1. The number of nitrogens with zero attached hydrogens (tertiary/aromatic N) is 7. The second kappa shape index (κ2) is 9.64. The van der Waals surface area contributed by atoms with E-state index in [-0.39, 0.29) is 5.69 Å². The summed E-state index contributed by atoms with van der Waals surface area (Å²) in [5, 5.41) is 20.3. The van der Waals surface area contributed by atoms with E-state index in [2.05, 4.69) is 36.5 Å². The predicted molar refractivity (Wildman–Crippen MR) is 120 cm³/mol. The maximum Gasteiger partial charge on any atom is 0.290 e. The first-order chi connectivity index (χ1) is 16.0. The summed E-state index contributed by atoms with van der Waals surface area (Å²) in [7, 11) is 3.64. The molecule has 0 bridgehead atoms. The lowest BCUT2D eigenvalue weighted by molar-refractivity contribution is 0.0843. The Kier molecular flexibility index (Phi) is 6.30. The molecule has 0 saturated carbocycles. The SMILES string of the molecule is CN(C)c1ccc(C(=O)NNC(=O)c2ccc(Cn3nnc(-c4ccccc4)n3)cc2)nn1. The number of hydrogen-bond acceptors (Lipinski definition) is 8. The van der Waals surface area contributed by atoms with Crippen LogP contribution in [0.2, 0.25) is 0 Å². The molecule has 2 aromatic heterocycles. The molecule has 0 atom stereocenters. The van der Waals surface area contributed by atoms with Gasteiger partial charge in [0, 0.05) is 25.2 Å². The van der Waals surface area contributed by atoms with E-state index >= 15 is 0 Å². The molecule has 11 nitrogen and oxygen atoms in total. The molecule has 11 heteroatoms. The third-order valence-corrected chi connectivity index (χ3v) is 4.66. The van der Waals surface area contributed by atoms with Gasteiger partial charge in [-0.3, -0.25) is 20.4 Å². The first-order valence-corrected chi connectivity index (χ1v) is 10.0. The smallest absolute Gasteiger partial charge is 0.290 e. The molecule has 0 fully saturated rings. The van der Waals surface area contributed by atoms with Crippen molar-refractivity contribution in [2.24, 2.45) is 0 Å². The molecule has 0 saturated heterocycles. The Balaban J connectivity index is 1.32. The van der Waals surface area contributed by atoms with Gasteiger partial charge in [0.25, 0.3) is 11.8 Å². The van der Waals surface area contributed by atoms with Gasteiger partial charge in [0.2, 0.25) is 5.82 Å². The van der Waals surface area contributed by atoms with Gasteiger partial charge in [0.15, 0.2) is 11.5 Å². The van der Waals surface area contributed by atoms with E-state index in [1.165, 1.54) is 10.9 Å². The van der Waals surface area contributed by atoms with Crippen molar-refractivity contribution in [1.29, 1.82) is 0 Å². The first-order valence-electron chi connectivity index (χ1n) is 10.0. The average Bonchev–Trinajstić information content (AvgIpc) is 3.32. The predicted octanol–water partition coefficient (Wildman–Crippen LogP) is 1.32. The Morgan fingerprint density at radius 2 is 1.58 bits per heavy atom. The number of anilines is 1. The molecule has 2 amide bonds. The van der Waals surface area contributed by atoms with Crippen LogP contribution in [0, 0.1) is 0 Å². The van der Waals surface area contributed by atoms with Crippen molar-refractivity contribution >= 4 is 17.6 Å². The van der Waals surface area contributed by atoms with Crippen molar-refractivity contribution in [3.8, 4) is 11.4 Å². The lowest BCUT2D eigenvalue weighted by Crippen LogP contribution is -2.42. The summed E-state index contributed by atoms with van der Waals surface area (Å²) in [6.45, 7) is 0.403.